The van der Waals surface area contributed by atoms with Gasteiger partial charge in [-0.05, 0) is 37.0 Å². The molecule has 3 aromatic rings. The van der Waals surface area contributed by atoms with Crippen LogP contribution in [0.5, 0.6) is 0 Å². The first-order chi connectivity index (χ1) is 15.1. The number of hydrogen-bond donors (Lipinski definition) is 1. The molecule has 0 spiro atoms. The molecule has 1 aliphatic heterocycles. The summed E-state index contributed by atoms with van der Waals surface area (Å²) >= 11 is 0. The van der Waals surface area contributed by atoms with E-state index in [1.54, 1.807) is 19.4 Å². The summed E-state index contributed by atoms with van der Waals surface area (Å²) in [6.07, 6.45) is 6.69. The van der Waals surface area contributed by atoms with Gasteiger partial charge in [-0.25, -0.2) is 4.98 Å². The quantitative estimate of drug-likeness (QED) is 0.691. The van der Waals surface area contributed by atoms with Gasteiger partial charge in [-0.15, -0.1) is 0 Å². The lowest BCUT2D eigenvalue weighted by molar-refractivity contribution is -0.130. The Morgan fingerprint density at radius 3 is 2.68 bits per heavy atom. The van der Waals surface area contributed by atoms with Crippen molar-refractivity contribution in [2.24, 2.45) is 7.05 Å². The number of pyridine rings is 1. The zero-order valence-corrected chi connectivity index (χ0v) is 17.7. The van der Waals surface area contributed by atoms with E-state index in [9.17, 15) is 9.59 Å². The molecule has 0 radical (unpaired) electrons. The van der Waals surface area contributed by atoms with Crippen LogP contribution in [0.15, 0.2) is 65.7 Å². The molecule has 0 unspecified atom stereocenters. The third kappa shape index (κ3) is 5.17. The molecular weight excluding hydrogens is 390 g/mol. The lowest BCUT2D eigenvalue weighted by atomic mass is 10.1. The van der Waals surface area contributed by atoms with E-state index in [-0.39, 0.29) is 17.5 Å². The van der Waals surface area contributed by atoms with Crippen LogP contribution in [0.4, 0.5) is 5.95 Å². The molecule has 31 heavy (non-hydrogen) atoms. The van der Waals surface area contributed by atoms with Crippen molar-refractivity contribution >= 4 is 11.9 Å². The number of benzene rings is 1. The molecule has 1 saturated heterocycles. The maximum Gasteiger partial charge on any atom is 0.255 e. The molecule has 0 aliphatic carbocycles. The van der Waals surface area contributed by atoms with Crippen LogP contribution in [-0.2, 0) is 18.3 Å². The van der Waals surface area contributed by atoms with Gasteiger partial charge in [0.25, 0.3) is 5.56 Å². The Labute approximate surface area is 181 Å². The number of carbonyl (C=O) groups is 1. The second kappa shape index (κ2) is 9.55. The van der Waals surface area contributed by atoms with E-state index in [1.165, 1.54) is 10.6 Å². The zero-order chi connectivity index (χ0) is 21.6. The average molecular weight is 418 g/mol. The minimum Gasteiger partial charge on any atom is -0.351 e. The normalized spacial score (nSPS) is 16.5. The molecule has 7 heteroatoms. The molecule has 4 rings (SSSR count). The molecular formula is C24H27N5O2. The van der Waals surface area contributed by atoms with Gasteiger partial charge in [0, 0.05) is 50.2 Å². The summed E-state index contributed by atoms with van der Waals surface area (Å²) in [5.41, 5.74) is 2.35. The van der Waals surface area contributed by atoms with Crippen LogP contribution in [0.2, 0.25) is 0 Å². The number of nitrogens with one attached hydrogen (secondary N) is 1. The smallest absolute Gasteiger partial charge is 0.255 e. The minimum absolute atomic E-state index is 0.0352. The number of amides is 1. The first kappa shape index (κ1) is 20.8. The molecule has 1 N–H and O–H groups in total. The van der Waals surface area contributed by atoms with Crippen LogP contribution in [0.1, 0.15) is 24.8 Å². The van der Waals surface area contributed by atoms with Gasteiger partial charge in [0.1, 0.15) is 0 Å². The van der Waals surface area contributed by atoms with Crippen molar-refractivity contribution < 1.29 is 4.79 Å². The fourth-order valence-corrected chi connectivity index (χ4v) is 3.89. The summed E-state index contributed by atoms with van der Waals surface area (Å²) in [4.78, 5) is 36.1. The maximum atomic E-state index is 12.9. The molecule has 1 aromatic carbocycles. The number of likely N-dealkylation sites (tertiary alicyclic amines) is 1. The van der Waals surface area contributed by atoms with Crippen molar-refractivity contribution in [1.29, 1.82) is 0 Å². The van der Waals surface area contributed by atoms with E-state index in [0.29, 0.717) is 24.6 Å². The van der Waals surface area contributed by atoms with Gasteiger partial charge in [-0.1, -0.05) is 30.3 Å². The molecule has 1 fully saturated rings. The molecule has 1 atom stereocenters. The summed E-state index contributed by atoms with van der Waals surface area (Å²) < 4.78 is 1.52. The van der Waals surface area contributed by atoms with Crippen LogP contribution >= 0.6 is 0 Å². The van der Waals surface area contributed by atoms with Crippen molar-refractivity contribution in [3.05, 3.63) is 76.8 Å². The SMILES string of the molecule is Cn1c(N[C@H]2CCCCN(C(=O)Cc3ccccc3)C2)nc(-c2ccncc2)cc1=O. The van der Waals surface area contributed by atoms with Gasteiger partial charge >= 0.3 is 0 Å². The molecule has 160 valence electrons. The second-order valence-electron chi connectivity index (χ2n) is 7.94. The fourth-order valence-electron chi connectivity index (χ4n) is 3.89. The standard InChI is InChI=1S/C24H27N5O2/c1-28-22(30)16-21(19-10-12-25-13-11-19)27-24(28)26-20-9-5-6-14-29(17-20)23(31)15-18-7-3-2-4-8-18/h2-4,7-8,10-13,16,20H,5-6,9,14-15,17H2,1H3,(H,26,27)/t20-/m0/s1. The van der Waals surface area contributed by atoms with Gasteiger partial charge < -0.3 is 10.2 Å². The number of rotatable bonds is 5. The monoisotopic (exact) mass is 417 g/mol. The summed E-state index contributed by atoms with van der Waals surface area (Å²) in [6, 6.07) is 15.1. The Balaban J connectivity index is 1.51. The number of nitrogens with zero attached hydrogens (tertiary/aromatic N) is 4. The summed E-state index contributed by atoms with van der Waals surface area (Å²) in [5, 5.41) is 3.43. The molecule has 1 aliphatic rings. The van der Waals surface area contributed by atoms with E-state index in [4.69, 9.17) is 0 Å². The van der Waals surface area contributed by atoms with Crippen molar-refractivity contribution in [3.8, 4) is 11.3 Å². The Morgan fingerprint density at radius 2 is 1.90 bits per heavy atom. The van der Waals surface area contributed by atoms with Crippen molar-refractivity contribution in [2.45, 2.75) is 31.7 Å². The third-order valence-corrected chi connectivity index (χ3v) is 5.67. The first-order valence-electron chi connectivity index (χ1n) is 10.7. The van der Waals surface area contributed by atoms with Gasteiger partial charge in [0.05, 0.1) is 12.1 Å². The maximum absolute atomic E-state index is 12.9. The summed E-state index contributed by atoms with van der Waals surface area (Å²) in [5.74, 6) is 0.647. The van der Waals surface area contributed by atoms with Crippen LogP contribution < -0.4 is 10.9 Å². The Morgan fingerprint density at radius 1 is 1.13 bits per heavy atom. The first-order valence-corrected chi connectivity index (χ1v) is 10.7. The van der Waals surface area contributed by atoms with Gasteiger partial charge in [0.15, 0.2) is 0 Å². The summed E-state index contributed by atoms with van der Waals surface area (Å²) in [7, 11) is 1.71. The Hall–Kier alpha value is -3.48. The largest absolute Gasteiger partial charge is 0.351 e. The van der Waals surface area contributed by atoms with E-state index < -0.39 is 0 Å². The highest BCUT2D eigenvalue weighted by Crippen LogP contribution is 2.19. The molecule has 1 amide bonds. The predicted octanol–water partition coefficient (Wildman–Crippen LogP) is 2.88. The molecule has 0 bridgehead atoms. The van der Waals surface area contributed by atoms with Gasteiger partial charge in [-0.2, -0.15) is 0 Å². The highest BCUT2D eigenvalue weighted by Gasteiger charge is 2.23. The zero-order valence-electron chi connectivity index (χ0n) is 17.7. The number of anilines is 1. The molecule has 2 aromatic heterocycles. The van der Waals surface area contributed by atoms with Crippen molar-refractivity contribution in [3.63, 3.8) is 0 Å². The minimum atomic E-state index is -0.130. The fraction of sp³-hybridized carbons (Fsp3) is 0.333. The number of carbonyl (C=O) groups excluding carboxylic acids is 1. The van der Waals surface area contributed by atoms with E-state index in [2.05, 4.69) is 15.3 Å². The molecule has 3 heterocycles. The van der Waals surface area contributed by atoms with E-state index in [0.717, 1.165) is 36.9 Å². The predicted molar refractivity (Wildman–Crippen MR) is 121 cm³/mol. The highest BCUT2D eigenvalue weighted by molar-refractivity contribution is 5.78. The second-order valence-corrected chi connectivity index (χ2v) is 7.94. The topological polar surface area (TPSA) is 80.1 Å². The van der Waals surface area contributed by atoms with Crippen LogP contribution in [0.25, 0.3) is 11.3 Å². The van der Waals surface area contributed by atoms with Crippen molar-refractivity contribution in [1.82, 2.24) is 19.4 Å². The van der Waals surface area contributed by atoms with Crippen LogP contribution in [0, 0.1) is 0 Å². The van der Waals surface area contributed by atoms with Crippen molar-refractivity contribution in [2.75, 3.05) is 18.4 Å². The third-order valence-electron chi connectivity index (χ3n) is 5.67. The average Bonchev–Trinajstić information content (AvgIpc) is 3.04. The van der Waals surface area contributed by atoms with Crippen LogP contribution in [-0.4, -0.2) is 44.5 Å². The molecule has 7 nitrogen and oxygen atoms in total. The number of hydrogen-bond acceptors (Lipinski definition) is 5. The molecule has 0 saturated carbocycles. The lowest BCUT2D eigenvalue weighted by Crippen LogP contribution is -2.41. The van der Waals surface area contributed by atoms with Gasteiger partial charge in [0.2, 0.25) is 11.9 Å². The summed E-state index contributed by atoms with van der Waals surface area (Å²) in [6.45, 7) is 1.36. The van der Waals surface area contributed by atoms with Gasteiger partial charge in [-0.3, -0.25) is 19.1 Å². The van der Waals surface area contributed by atoms with E-state index in [1.807, 2.05) is 47.4 Å². The lowest BCUT2D eigenvalue weighted by Gasteiger charge is -2.26. The highest BCUT2D eigenvalue weighted by atomic mass is 16.2. The van der Waals surface area contributed by atoms with Crippen LogP contribution in [0.3, 0.4) is 0 Å². The Bertz CT molecular complexity index is 1080. The number of aromatic nitrogens is 3. The Kier molecular flexibility index (Phi) is 6.40. The van der Waals surface area contributed by atoms with E-state index >= 15 is 0 Å².